The number of hydrogen-bond acceptors (Lipinski definition) is 5. The number of rotatable bonds is 7. The Morgan fingerprint density at radius 3 is 1.89 bits per heavy atom. The van der Waals surface area contributed by atoms with Crippen LogP contribution in [-0.2, 0) is 20.8 Å². The van der Waals surface area contributed by atoms with Crippen molar-refractivity contribution >= 4 is 23.9 Å². The average molecular weight is 367 g/mol. The third kappa shape index (κ3) is 7.56. The summed E-state index contributed by atoms with van der Waals surface area (Å²) < 4.78 is 9.92. The van der Waals surface area contributed by atoms with E-state index < -0.39 is 0 Å². The molecule has 0 aliphatic carbocycles. The number of ether oxygens (including phenoxy) is 2. The molecule has 27 heavy (non-hydrogen) atoms. The second-order valence-electron chi connectivity index (χ2n) is 5.77. The third-order valence-corrected chi connectivity index (χ3v) is 3.47. The van der Waals surface area contributed by atoms with Crippen molar-refractivity contribution in [2.75, 3.05) is 6.54 Å². The Morgan fingerprint density at radius 2 is 1.37 bits per heavy atom. The van der Waals surface area contributed by atoms with E-state index in [4.69, 9.17) is 9.47 Å². The molecule has 0 fully saturated rings. The van der Waals surface area contributed by atoms with E-state index in [9.17, 15) is 14.4 Å². The Kier molecular flexibility index (Phi) is 7.31. The first-order chi connectivity index (χ1) is 12.9. The first-order valence-electron chi connectivity index (χ1n) is 8.44. The molecule has 2 aromatic carbocycles. The smallest absolute Gasteiger partial charge is 0.308 e. The quantitative estimate of drug-likeness (QED) is 0.462. The van der Waals surface area contributed by atoms with Crippen molar-refractivity contribution in [3.63, 3.8) is 0 Å². The number of hydrogen-bond donors (Lipinski definition) is 1. The lowest BCUT2D eigenvalue weighted by Crippen LogP contribution is -2.23. The molecule has 6 heteroatoms. The van der Waals surface area contributed by atoms with Crippen molar-refractivity contribution in [2.45, 2.75) is 20.3 Å². The maximum atomic E-state index is 11.9. The minimum atomic E-state index is -0.376. The maximum absolute atomic E-state index is 11.9. The molecule has 6 nitrogen and oxygen atoms in total. The fourth-order valence-corrected chi connectivity index (χ4v) is 2.26. The molecule has 0 aliphatic rings. The largest absolute Gasteiger partial charge is 0.427 e. The van der Waals surface area contributed by atoms with Crippen LogP contribution in [0.4, 0.5) is 0 Å². The number of esters is 2. The summed E-state index contributed by atoms with van der Waals surface area (Å²) in [7, 11) is 0. The molecule has 0 atom stereocenters. The van der Waals surface area contributed by atoms with Gasteiger partial charge in [0, 0.05) is 26.5 Å². The van der Waals surface area contributed by atoms with Crippen LogP contribution in [0.1, 0.15) is 25.0 Å². The van der Waals surface area contributed by atoms with Crippen LogP contribution in [-0.4, -0.2) is 24.4 Å². The zero-order valence-electron chi connectivity index (χ0n) is 15.2. The number of amides is 1. The summed E-state index contributed by atoms with van der Waals surface area (Å²) in [5.74, 6) is 0.0267. The molecule has 2 rings (SSSR count). The Labute approximate surface area is 157 Å². The maximum Gasteiger partial charge on any atom is 0.308 e. The highest BCUT2D eigenvalue weighted by atomic mass is 16.5. The van der Waals surface area contributed by atoms with Gasteiger partial charge in [0.25, 0.3) is 0 Å². The van der Waals surface area contributed by atoms with E-state index in [-0.39, 0.29) is 17.8 Å². The van der Waals surface area contributed by atoms with Crippen LogP contribution in [0.25, 0.3) is 6.08 Å². The molecule has 0 heterocycles. The van der Waals surface area contributed by atoms with Gasteiger partial charge in [-0.2, -0.15) is 0 Å². The van der Waals surface area contributed by atoms with E-state index in [0.717, 1.165) is 11.1 Å². The van der Waals surface area contributed by atoms with Gasteiger partial charge in [-0.1, -0.05) is 24.3 Å². The van der Waals surface area contributed by atoms with Crippen LogP contribution in [0.5, 0.6) is 11.5 Å². The van der Waals surface area contributed by atoms with Crippen molar-refractivity contribution in [1.29, 1.82) is 0 Å². The van der Waals surface area contributed by atoms with Gasteiger partial charge in [-0.05, 0) is 47.9 Å². The normalized spacial score (nSPS) is 10.4. The minimum Gasteiger partial charge on any atom is -0.427 e. The molecule has 0 aromatic heterocycles. The Hall–Kier alpha value is -3.41. The van der Waals surface area contributed by atoms with Crippen LogP contribution in [0.3, 0.4) is 0 Å². The lowest BCUT2D eigenvalue weighted by Gasteiger charge is -2.05. The summed E-state index contributed by atoms with van der Waals surface area (Å²) in [4.78, 5) is 33.6. The number of carbonyl (C=O) groups excluding carboxylic acids is 3. The van der Waals surface area contributed by atoms with E-state index in [0.29, 0.717) is 24.5 Å². The molecule has 1 amide bonds. The summed E-state index contributed by atoms with van der Waals surface area (Å²) in [5.41, 5.74) is 1.85. The lowest BCUT2D eigenvalue weighted by molar-refractivity contribution is -0.132. The SMILES string of the molecule is CC(=O)Oc1ccc(/C=C/C(=O)NCCc2ccc(OC(C)=O)cc2)cc1. The summed E-state index contributed by atoms with van der Waals surface area (Å²) in [6.45, 7) is 3.18. The number of carbonyl (C=O) groups is 3. The molecular weight excluding hydrogens is 346 g/mol. The highest BCUT2D eigenvalue weighted by molar-refractivity contribution is 5.91. The summed E-state index contributed by atoms with van der Waals surface area (Å²) >= 11 is 0. The van der Waals surface area contributed by atoms with Crippen LogP contribution >= 0.6 is 0 Å². The van der Waals surface area contributed by atoms with E-state index in [2.05, 4.69) is 5.32 Å². The predicted octanol–water partition coefficient (Wildman–Crippen LogP) is 2.91. The molecule has 0 saturated heterocycles. The highest BCUT2D eigenvalue weighted by Crippen LogP contribution is 2.14. The molecule has 0 saturated carbocycles. The molecule has 140 valence electrons. The predicted molar refractivity (Wildman–Crippen MR) is 101 cm³/mol. The monoisotopic (exact) mass is 367 g/mol. The van der Waals surface area contributed by atoms with Gasteiger partial charge in [-0.15, -0.1) is 0 Å². The van der Waals surface area contributed by atoms with E-state index in [1.165, 1.54) is 19.9 Å². The van der Waals surface area contributed by atoms with Gasteiger partial charge in [0.1, 0.15) is 11.5 Å². The van der Waals surface area contributed by atoms with Crippen molar-refractivity contribution in [3.8, 4) is 11.5 Å². The number of nitrogens with one attached hydrogen (secondary N) is 1. The standard InChI is InChI=1S/C21H21NO5/c1-15(23)26-19-8-3-17(4-9-19)7-12-21(25)22-14-13-18-5-10-20(11-6-18)27-16(2)24/h3-12H,13-14H2,1-2H3,(H,22,25)/b12-7+. The summed E-state index contributed by atoms with van der Waals surface area (Å²) in [6.07, 6.45) is 3.79. The lowest BCUT2D eigenvalue weighted by atomic mass is 10.1. The average Bonchev–Trinajstić information content (AvgIpc) is 2.62. The Balaban J connectivity index is 1.76. The zero-order chi connectivity index (χ0) is 19.6. The molecule has 2 aromatic rings. The first-order valence-corrected chi connectivity index (χ1v) is 8.44. The van der Waals surface area contributed by atoms with Crippen molar-refractivity contribution < 1.29 is 23.9 Å². The van der Waals surface area contributed by atoms with Crippen LogP contribution in [0, 0.1) is 0 Å². The van der Waals surface area contributed by atoms with Gasteiger partial charge in [0.15, 0.2) is 0 Å². The van der Waals surface area contributed by atoms with Crippen LogP contribution < -0.4 is 14.8 Å². The highest BCUT2D eigenvalue weighted by Gasteiger charge is 2.01. The molecule has 0 aliphatic heterocycles. The molecule has 1 N–H and O–H groups in total. The van der Waals surface area contributed by atoms with Crippen molar-refractivity contribution in [2.24, 2.45) is 0 Å². The third-order valence-electron chi connectivity index (χ3n) is 3.47. The summed E-state index contributed by atoms with van der Waals surface area (Å²) in [6, 6.07) is 14.0. The first kappa shape index (κ1) is 19.9. The Bertz CT molecular complexity index is 823. The fraction of sp³-hybridized carbons (Fsp3) is 0.190. The second-order valence-corrected chi connectivity index (χ2v) is 5.77. The zero-order valence-corrected chi connectivity index (χ0v) is 15.2. The van der Waals surface area contributed by atoms with Gasteiger partial charge in [-0.3, -0.25) is 14.4 Å². The van der Waals surface area contributed by atoms with E-state index >= 15 is 0 Å². The molecule has 0 radical (unpaired) electrons. The molecule has 0 bridgehead atoms. The number of benzene rings is 2. The molecular formula is C21H21NO5. The fourth-order valence-electron chi connectivity index (χ4n) is 2.26. The van der Waals surface area contributed by atoms with Crippen molar-refractivity contribution in [1.82, 2.24) is 5.32 Å². The van der Waals surface area contributed by atoms with Gasteiger partial charge in [0.05, 0.1) is 0 Å². The van der Waals surface area contributed by atoms with Gasteiger partial charge in [-0.25, -0.2) is 0 Å². The minimum absolute atomic E-state index is 0.199. The van der Waals surface area contributed by atoms with E-state index in [1.807, 2.05) is 12.1 Å². The second kappa shape index (κ2) is 9.91. The van der Waals surface area contributed by atoms with Crippen molar-refractivity contribution in [3.05, 3.63) is 65.7 Å². The topological polar surface area (TPSA) is 81.7 Å². The molecule has 0 unspecified atom stereocenters. The van der Waals surface area contributed by atoms with Crippen LogP contribution in [0.2, 0.25) is 0 Å². The molecule has 0 spiro atoms. The summed E-state index contributed by atoms with van der Waals surface area (Å²) in [5, 5.41) is 2.81. The van der Waals surface area contributed by atoms with E-state index in [1.54, 1.807) is 42.5 Å². The Morgan fingerprint density at radius 1 is 0.852 bits per heavy atom. The van der Waals surface area contributed by atoms with Gasteiger partial charge >= 0.3 is 11.9 Å². The van der Waals surface area contributed by atoms with Gasteiger partial charge in [0.2, 0.25) is 5.91 Å². The van der Waals surface area contributed by atoms with Gasteiger partial charge < -0.3 is 14.8 Å². The van der Waals surface area contributed by atoms with Crippen LogP contribution in [0.15, 0.2) is 54.6 Å².